The summed E-state index contributed by atoms with van der Waals surface area (Å²) in [6.07, 6.45) is 1.95. The van der Waals surface area contributed by atoms with Crippen LogP contribution < -0.4 is 0 Å². The zero-order valence-corrected chi connectivity index (χ0v) is 9.57. The quantitative estimate of drug-likeness (QED) is 0.731. The number of hydrogen-bond acceptors (Lipinski definition) is 3. The van der Waals surface area contributed by atoms with Crippen LogP contribution in [0.1, 0.15) is 32.0 Å². The normalized spacial score (nSPS) is 12.5. The van der Waals surface area contributed by atoms with Crippen molar-refractivity contribution in [2.45, 2.75) is 32.7 Å². The number of rotatable bonds is 2. The van der Waals surface area contributed by atoms with E-state index in [1.165, 1.54) is 5.06 Å². The summed E-state index contributed by atoms with van der Waals surface area (Å²) < 4.78 is 1.79. The fourth-order valence-corrected chi connectivity index (χ4v) is 1.53. The molecule has 0 radical (unpaired) electrons. The first-order valence-corrected chi connectivity index (χ1v) is 4.73. The van der Waals surface area contributed by atoms with Crippen LogP contribution in [0.15, 0.2) is 6.20 Å². The van der Waals surface area contributed by atoms with Crippen molar-refractivity contribution in [1.82, 2.24) is 14.8 Å². The topological polar surface area (TPSA) is 41.3 Å². The zero-order chi connectivity index (χ0) is 10.9. The second kappa shape index (κ2) is 3.71. The highest BCUT2D eigenvalue weighted by molar-refractivity contribution is 5.23. The first-order valence-electron chi connectivity index (χ1n) is 4.73. The van der Waals surface area contributed by atoms with Gasteiger partial charge in [0.1, 0.15) is 0 Å². The molecule has 0 bridgehead atoms. The molecule has 14 heavy (non-hydrogen) atoms. The fourth-order valence-electron chi connectivity index (χ4n) is 1.53. The summed E-state index contributed by atoms with van der Waals surface area (Å²) in [5.74, 6) is 0. The van der Waals surface area contributed by atoms with Gasteiger partial charge in [-0.25, -0.2) is 0 Å². The van der Waals surface area contributed by atoms with Crippen LogP contribution in [-0.4, -0.2) is 27.1 Å². The van der Waals surface area contributed by atoms with Crippen LogP contribution in [-0.2, 0) is 19.0 Å². The first-order chi connectivity index (χ1) is 6.30. The van der Waals surface area contributed by atoms with Crippen LogP contribution in [0.3, 0.4) is 0 Å². The Balaban J connectivity index is 3.03. The molecule has 0 amide bonds. The average Bonchev–Trinajstić information content (AvgIpc) is 2.28. The molecule has 1 N–H and O–H groups in total. The number of aryl methyl sites for hydroxylation is 1. The highest BCUT2D eigenvalue weighted by Crippen LogP contribution is 2.24. The van der Waals surface area contributed by atoms with Crippen LogP contribution in [0.5, 0.6) is 0 Å². The molecular weight excluding hydrogens is 178 g/mol. The monoisotopic (exact) mass is 197 g/mol. The summed E-state index contributed by atoms with van der Waals surface area (Å²) in [5.41, 5.74) is 2.14. The van der Waals surface area contributed by atoms with E-state index in [-0.39, 0.29) is 5.41 Å². The molecule has 1 aromatic heterocycles. The zero-order valence-electron chi connectivity index (χ0n) is 9.57. The molecule has 0 fully saturated rings. The van der Waals surface area contributed by atoms with Crippen molar-refractivity contribution in [2.24, 2.45) is 7.05 Å². The molecule has 4 heteroatoms. The molecule has 0 aliphatic heterocycles. The number of hydroxylamine groups is 2. The van der Waals surface area contributed by atoms with Gasteiger partial charge >= 0.3 is 0 Å². The van der Waals surface area contributed by atoms with Crippen LogP contribution >= 0.6 is 0 Å². The summed E-state index contributed by atoms with van der Waals surface area (Å²) in [6.45, 7) is 6.88. The predicted molar refractivity (Wildman–Crippen MR) is 55.2 cm³/mol. The van der Waals surface area contributed by atoms with E-state index in [4.69, 9.17) is 0 Å². The van der Waals surface area contributed by atoms with Gasteiger partial charge in [0.2, 0.25) is 0 Å². The van der Waals surface area contributed by atoms with E-state index in [0.29, 0.717) is 6.54 Å². The Kier molecular flexibility index (Phi) is 2.97. The molecule has 0 saturated heterocycles. The number of aromatic nitrogens is 2. The van der Waals surface area contributed by atoms with E-state index >= 15 is 0 Å². The standard InChI is InChI=1S/C10H19N3O/c1-10(2,3)9-8(7-13(5)14)6-12(4)11-9/h6,14H,7H2,1-5H3. The van der Waals surface area contributed by atoms with Crippen molar-refractivity contribution >= 4 is 0 Å². The highest BCUT2D eigenvalue weighted by Gasteiger charge is 2.21. The SMILES string of the molecule is CN(O)Cc1cn(C)nc1C(C)(C)C. The Morgan fingerprint density at radius 2 is 2.07 bits per heavy atom. The second-order valence-electron chi connectivity index (χ2n) is 4.74. The summed E-state index contributed by atoms with van der Waals surface area (Å²) in [4.78, 5) is 0. The third-order valence-corrected chi connectivity index (χ3v) is 2.01. The van der Waals surface area contributed by atoms with Gasteiger partial charge in [0, 0.05) is 31.3 Å². The van der Waals surface area contributed by atoms with Crippen molar-refractivity contribution in [1.29, 1.82) is 0 Å². The lowest BCUT2D eigenvalue weighted by Gasteiger charge is -2.18. The molecule has 0 aliphatic carbocycles. The molecule has 0 aliphatic rings. The maximum atomic E-state index is 9.20. The molecule has 0 atom stereocenters. The maximum absolute atomic E-state index is 9.20. The molecule has 1 aromatic rings. The molecule has 1 heterocycles. The van der Waals surface area contributed by atoms with E-state index in [2.05, 4.69) is 25.9 Å². The minimum atomic E-state index is 0.0204. The molecule has 4 nitrogen and oxygen atoms in total. The van der Waals surface area contributed by atoms with Gasteiger partial charge in [-0.1, -0.05) is 20.8 Å². The van der Waals surface area contributed by atoms with E-state index in [0.717, 1.165) is 11.3 Å². The van der Waals surface area contributed by atoms with Gasteiger partial charge in [0.25, 0.3) is 0 Å². The van der Waals surface area contributed by atoms with Crippen LogP contribution in [0, 0.1) is 0 Å². The highest BCUT2D eigenvalue weighted by atomic mass is 16.5. The second-order valence-corrected chi connectivity index (χ2v) is 4.74. The minimum absolute atomic E-state index is 0.0204. The lowest BCUT2D eigenvalue weighted by Crippen LogP contribution is -2.18. The van der Waals surface area contributed by atoms with E-state index < -0.39 is 0 Å². The number of hydrogen-bond donors (Lipinski definition) is 1. The minimum Gasteiger partial charge on any atom is -0.314 e. The Bertz CT molecular complexity index is 310. The van der Waals surface area contributed by atoms with Crippen molar-refractivity contribution < 1.29 is 5.21 Å². The van der Waals surface area contributed by atoms with Gasteiger partial charge < -0.3 is 5.21 Å². The molecule has 0 aromatic carbocycles. The Morgan fingerprint density at radius 3 is 2.50 bits per heavy atom. The molecule has 0 saturated carbocycles. The van der Waals surface area contributed by atoms with Crippen molar-refractivity contribution in [3.05, 3.63) is 17.5 Å². The van der Waals surface area contributed by atoms with E-state index in [1.807, 2.05) is 13.2 Å². The van der Waals surface area contributed by atoms with E-state index in [9.17, 15) is 5.21 Å². The molecule has 1 rings (SSSR count). The molecule has 0 unspecified atom stereocenters. The summed E-state index contributed by atoms with van der Waals surface area (Å²) >= 11 is 0. The molecular formula is C10H19N3O. The van der Waals surface area contributed by atoms with Crippen LogP contribution in [0.2, 0.25) is 0 Å². The van der Waals surface area contributed by atoms with Gasteiger partial charge in [0.05, 0.1) is 12.2 Å². The van der Waals surface area contributed by atoms with Gasteiger partial charge in [0.15, 0.2) is 0 Å². The summed E-state index contributed by atoms with van der Waals surface area (Å²) in [7, 11) is 3.54. The van der Waals surface area contributed by atoms with Crippen LogP contribution in [0.4, 0.5) is 0 Å². The van der Waals surface area contributed by atoms with Gasteiger partial charge in [-0.15, -0.1) is 0 Å². The third-order valence-electron chi connectivity index (χ3n) is 2.01. The fraction of sp³-hybridized carbons (Fsp3) is 0.700. The van der Waals surface area contributed by atoms with Gasteiger partial charge in [-0.2, -0.15) is 10.2 Å². The summed E-state index contributed by atoms with van der Waals surface area (Å²) in [6, 6.07) is 0. The van der Waals surface area contributed by atoms with Crippen molar-refractivity contribution in [2.75, 3.05) is 7.05 Å². The lowest BCUT2D eigenvalue weighted by molar-refractivity contribution is -0.0734. The van der Waals surface area contributed by atoms with Gasteiger partial charge in [-0.3, -0.25) is 4.68 Å². The van der Waals surface area contributed by atoms with Gasteiger partial charge in [-0.05, 0) is 0 Å². The smallest absolute Gasteiger partial charge is 0.0723 e. The van der Waals surface area contributed by atoms with Crippen molar-refractivity contribution in [3.63, 3.8) is 0 Å². The maximum Gasteiger partial charge on any atom is 0.0723 e. The van der Waals surface area contributed by atoms with Crippen LogP contribution in [0.25, 0.3) is 0 Å². The summed E-state index contributed by atoms with van der Waals surface area (Å²) in [5, 5.41) is 14.8. The van der Waals surface area contributed by atoms with E-state index in [1.54, 1.807) is 11.7 Å². The Hall–Kier alpha value is -0.870. The largest absolute Gasteiger partial charge is 0.314 e. The third kappa shape index (κ3) is 2.56. The Labute approximate surface area is 85.1 Å². The molecule has 80 valence electrons. The van der Waals surface area contributed by atoms with Crippen molar-refractivity contribution in [3.8, 4) is 0 Å². The average molecular weight is 197 g/mol. The number of nitrogens with zero attached hydrogens (tertiary/aromatic N) is 3. The lowest BCUT2D eigenvalue weighted by atomic mass is 9.89. The molecule has 0 spiro atoms. The Morgan fingerprint density at radius 1 is 1.50 bits per heavy atom. The first kappa shape index (κ1) is 11.2. The predicted octanol–water partition coefficient (Wildman–Crippen LogP) is 1.54.